The van der Waals surface area contributed by atoms with E-state index in [1.165, 1.54) is 0 Å². The van der Waals surface area contributed by atoms with Gasteiger partial charge >= 0.3 is 6.18 Å². The maximum Gasteiger partial charge on any atom is 0.401 e. The Bertz CT molecular complexity index is 412. The first-order valence-corrected chi connectivity index (χ1v) is 6.99. The van der Waals surface area contributed by atoms with Gasteiger partial charge in [-0.15, -0.1) is 0 Å². The van der Waals surface area contributed by atoms with E-state index in [0.717, 1.165) is 18.1 Å². The molecule has 1 aromatic heterocycles. The van der Waals surface area contributed by atoms with E-state index in [0.29, 0.717) is 5.82 Å². The van der Waals surface area contributed by atoms with E-state index in [1.54, 1.807) is 11.8 Å². The maximum atomic E-state index is 12.0. The Morgan fingerprint density at radius 2 is 2.32 bits per heavy atom. The molecule has 5 nitrogen and oxygen atoms in total. The van der Waals surface area contributed by atoms with Crippen LogP contribution in [0.3, 0.4) is 0 Å². The lowest BCUT2D eigenvalue weighted by atomic mass is 10.3. The molecule has 108 valence electrons. The molecule has 9 heteroatoms. The van der Waals surface area contributed by atoms with Gasteiger partial charge in [-0.1, -0.05) is 5.16 Å². The molecule has 1 atom stereocenters. The molecule has 0 spiro atoms. The standard InChI is InChI=1S/C10H15F3N4OS/c1-17-2-3-19-5-7(17)9-15-8(18-16-9)4-14-6-10(11,12)13/h7,14H,2-6H2,1H3. The SMILES string of the molecule is CN1CCSCC1c1noc(CNCC(F)(F)F)n1. The minimum atomic E-state index is -4.23. The number of aromatic nitrogens is 2. The molecule has 0 bridgehead atoms. The summed E-state index contributed by atoms with van der Waals surface area (Å²) in [4.78, 5) is 6.26. The van der Waals surface area contributed by atoms with Gasteiger partial charge in [-0.25, -0.2) is 0 Å². The van der Waals surface area contributed by atoms with Crippen LogP contribution in [0.15, 0.2) is 4.52 Å². The van der Waals surface area contributed by atoms with Crippen LogP contribution in [0.4, 0.5) is 13.2 Å². The average molecular weight is 296 g/mol. The van der Waals surface area contributed by atoms with Crippen molar-refractivity contribution >= 4 is 11.8 Å². The van der Waals surface area contributed by atoms with E-state index in [1.807, 2.05) is 7.05 Å². The van der Waals surface area contributed by atoms with Gasteiger partial charge in [0.25, 0.3) is 0 Å². The fourth-order valence-electron chi connectivity index (χ4n) is 1.74. The van der Waals surface area contributed by atoms with E-state index in [4.69, 9.17) is 4.52 Å². The fourth-order valence-corrected chi connectivity index (χ4v) is 2.96. The van der Waals surface area contributed by atoms with Crippen LogP contribution in [-0.2, 0) is 6.54 Å². The van der Waals surface area contributed by atoms with Crippen LogP contribution in [0.1, 0.15) is 17.8 Å². The van der Waals surface area contributed by atoms with Crippen LogP contribution in [0, 0.1) is 0 Å². The van der Waals surface area contributed by atoms with Gasteiger partial charge in [-0.3, -0.25) is 4.90 Å². The minimum absolute atomic E-state index is 0.0684. The summed E-state index contributed by atoms with van der Waals surface area (Å²) < 4.78 is 40.9. The molecule has 1 fully saturated rings. The normalized spacial score (nSPS) is 21.8. The van der Waals surface area contributed by atoms with Crippen molar-refractivity contribution in [3.63, 3.8) is 0 Å². The van der Waals surface area contributed by atoms with Gasteiger partial charge in [0.15, 0.2) is 5.82 Å². The second kappa shape index (κ2) is 6.10. The zero-order chi connectivity index (χ0) is 13.9. The Hall–Kier alpha value is -0.800. The molecule has 2 heterocycles. The molecule has 0 saturated carbocycles. The van der Waals surface area contributed by atoms with Crippen LogP contribution in [0.2, 0.25) is 0 Å². The van der Waals surface area contributed by atoms with Crippen molar-refractivity contribution in [2.75, 3.05) is 31.6 Å². The van der Waals surface area contributed by atoms with Gasteiger partial charge in [0.2, 0.25) is 5.89 Å². The smallest absolute Gasteiger partial charge is 0.338 e. The number of alkyl halides is 3. The number of halogens is 3. The summed E-state index contributed by atoms with van der Waals surface area (Å²) in [5, 5.41) is 6.07. The van der Waals surface area contributed by atoms with E-state index >= 15 is 0 Å². The van der Waals surface area contributed by atoms with Gasteiger partial charge in [0.1, 0.15) is 0 Å². The Morgan fingerprint density at radius 3 is 3.00 bits per heavy atom. The van der Waals surface area contributed by atoms with Gasteiger partial charge in [-0.2, -0.15) is 29.9 Å². The Morgan fingerprint density at radius 1 is 1.53 bits per heavy atom. The number of nitrogens with one attached hydrogen (secondary N) is 1. The zero-order valence-corrected chi connectivity index (χ0v) is 11.2. The lowest BCUT2D eigenvalue weighted by Crippen LogP contribution is -2.33. The summed E-state index contributed by atoms with van der Waals surface area (Å²) in [5.41, 5.74) is 0. The quantitative estimate of drug-likeness (QED) is 0.907. The van der Waals surface area contributed by atoms with Crippen LogP contribution in [0.25, 0.3) is 0 Å². The molecule has 1 aromatic rings. The van der Waals surface area contributed by atoms with Crippen molar-refractivity contribution in [3.05, 3.63) is 11.7 Å². The third kappa shape index (κ3) is 4.36. The largest absolute Gasteiger partial charge is 0.401 e. The zero-order valence-electron chi connectivity index (χ0n) is 10.4. The fraction of sp³-hybridized carbons (Fsp3) is 0.800. The third-order valence-corrected chi connectivity index (χ3v) is 3.80. The Labute approximate surface area is 112 Å². The molecule has 1 aliphatic heterocycles. The van der Waals surface area contributed by atoms with Crippen molar-refractivity contribution < 1.29 is 17.7 Å². The number of hydrogen-bond acceptors (Lipinski definition) is 6. The monoisotopic (exact) mass is 296 g/mol. The summed E-state index contributed by atoms with van der Waals surface area (Å²) in [6, 6.07) is 0.0684. The van der Waals surface area contributed by atoms with Crippen LogP contribution < -0.4 is 5.32 Å². The van der Waals surface area contributed by atoms with Gasteiger partial charge < -0.3 is 9.84 Å². The lowest BCUT2D eigenvalue weighted by molar-refractivity contribution is -0.125. The first kappa shape index (κ1) is 14.6. The highest BCUT2D eigenvalue weighted by Gasteiger charge is 2.28. The molecule has 0 amide bonds. The van der Waals surface area contributed by atoms with Crippen molar-refractivity contribution in [2.45, 2.75) is 18.8 Å². The van der Waals surface area contributed by atoms with Crippen molar-refractivity contribution in [1.29, 1.82) is 0 Å². The molecule has 1 saturated heterocycles. The summed E-state index contributed by atoms with van der Waals surface area (Å²) in [7, 11) is 1.97. The number of hydrogen-bond donors (Lipinski definition) is 1. The lowest BCUT2D eigenvalue weighted by Gasteiger charge is -2.29. The summed E-state index contributed by atoms with van der Waals surface area (Å²) in [5.74, 6) is 2.65. The molecule has 19 heavy (non-hydrogen) atoms. The molecule has 2 rings (SSSR count). The topological polar surface area (TPSA) is 54.2 Å². The van der Waals surface area contributed by atoms with E-state index in [-0.39, 0.29) is 18.5 Å². The van der Waals surface area contributed by atoms with Crippen LogP contribution >= 0.6 is 11.8 Å². The predicted octanol–water partition coefficient (Wildman–Crippen LogP) is 1.44. The highest BCUT2D eigenvalue weighted by molar-refractivity contribution is 7.99. The van der Waals surface area contributed by atoms with Crippen LogP contribution in [-0.4, -0.2) is 52.9 Å². The summed E-state index contributed by atoms with van der Waals surface area (Å²) in [6.07, 6.45) is -4.23. The van der Waals surface area contributed by atoms with E-state index in [9.17, 15) is 13.2 Å². The van der Waals surface area contributed by atoms with Crippen LogP contribution in [0.5, 0.6) is 0 Å². The molecule has 1 aliphatic rings. The highest BCUT2D eigenvalue weighted by atomic mass is 32.2. The number of rotatable bonds is 4. The van der Waals surface area contributed by atoms with E-state index in [2.05, 4.69) is 20.4 Å². The van der Waals surface area contributed by atoms with Crippen molar-refractivity contribution in [2.24, 2.45) is 0 Å². The summed E-state index contributed by atoms with van der Waals surface area (Å²) >= 11 is 1.80. The number of nitrogens with zero attached hydrogens (tertiary/aromatic N) is 3. The highest BCUT2D eigenvalue weighted by Crippen LogP contribution is 2.26. The predicted molar refractivity (Wildman–Crippen MR) is 64.8 cm³/mol. The molecular formula is C10H15F3N4OS. The molecule has 0 aromatic carbocycles. The molecule has 0 aliphatic carbocycles. The molecule has 1 unspecified atom stereocenters. The first-order valence-electron chi connectivity index (χ1n) is 5.83. The third-order valence-electron chi connectivity index (χ3n) is 2.78. The second-order valence-electron chi connectivity index (χ2n) is 4.34. The number of thioether (sulfide) groups is 1. The maximum absolute atomic E-state index is 12.0. The van der Waals surface area contributed by atoms with Crippen molar-refractivity contribution in [1.82, 2.24) is 20.4 Å². The first-order chi connectivity index (χ1) is 8.96. The summed E-state index contributed by atoms with van der Waals surface area (Å²) in [6.45, 7) is -0.203. The van der Waals surface area contributed by atoms with Crippen molar-refractivity contribution in [3.8, 4) is 0 Å². The Kier molecular flexibility index (Phi) is 4.69. The Balaban J connectivity index is 1.88. The second-order valence-corrected chi connectivity index (χ2v) is 5.49. The molecule has 0 radical (unpaired) electrons. The minimum Gasteiger partial charge on any atom is -0.338 e. The molecular weight excluding hydrogens is 281 g/mol. The average Bonchev–Trinajstić information content (AvgIpc) is 2.76. The van der Waals surface area contributed by atoms with Gasteiger partial charge in [0.05, 0.1) is 19.1 Å². The van der Waals surface area contributed by atoms with E-state index < -0.39 is 12.7 Å². The molecule has 1 N–H and O–H groups in total. The van der Waals surface area contributed by atoms with Gasteiger partial charge in [0, 0.05) is 18.1 Å². The van der Waals surface area contributed by atoms with Gasteiger partial charge in [-0.05, 0) is 7.05 Å².